The number of nitrogens with zero attached hydrogens (tertiary/aromatic N) is 1. The number of hydrogen-bond acceptors (Lipinski definition) is 5. The van der Waals surface area contributed by atoms with Crippen molar-refractivity contribution < 1.29 is 23.0 Å². The van der Waals surface area contributed by atoms with Gasteiger partial charge in [-0.25, -0.2) is 8.42 Å². The number of aliphatic hydroxyl groups is 1. The third kappa shape index (κ3) is 8.76. The van der Waals surface area contributed by atoms with E-state index >= 15 is 0 Å². The van der Waals surface area contributed by atoms with Crippen LogP contribution in [0.4, 0.5) is 0 Å². The van der Waals surface area contributed by atoms with Crippen LogP contribution in [0.25, 0.3) is 0 Å². The topological polar surface area (TPSA) is 76.1 Å². The smallest absolute Gasteiger partial charge is 0.244 e. The lowest BCUT2D eigenvalue weighted by molar-refractivity contribution is 0.0841. The Morgan fingerprint density at radius 3 is 2.11 bits per heavy atom. The maximum atomic E-state index is 13.4. The highest BCUT2D eigenvalue weighted by Gasteiger charge is 2.28. The van der Waals surface area contributed by atoms with Gasteiger partial charge in [0, 0.05) is 6.54 Å². The van der Waals surface area contributed by atoms with Crippen LogP contribution in [-0.2, 0) is 32.7 Å². The number of aliphatic hydroxyl groups excluding tert-OH is 1. The van der Waals surface area contributed by atoms with E-state index in [0.717, 1.165) is 21.0 Å². The Hall–Kier alpha value is -3.63. The quantitative estimate of drug-likeness (QED) is 0.166. The first-order valence-electron chi connectivity index (χ1n) is 11.8. The summed E-state index contributed by atoms with van der Waals surface area (Å²) in [5.41, 5.74) is 5.45. The summed E-state index contributed by atoms with van der Waals surface area (Å²) >= 11 is 0. The molecular formula is C30H31NO5S. The molecule has 192 valence electrons. The SMILES string of the molecule is C=C=C(OCc1ccccc1)C(O)CN(CC#CCOCc1ccccc1)S(=O)(=O)c1ccc(C)cc1. The Balaban J connectivity index is 1.69. The van der Waals surface area contributed by atoms with Crippen LogP contribution >= 0.6 is 0 Å². The van der Waals surface area contributed by atoms with Gasteiger partial charge in [-0.1, -0.05) is 103 Å². The van der Waals surface area contributed by atoms with Crippen molar-refractivity contribution in [1.29, 1.82) is 0 Å². The largest absolute Gasteiger partial charge is 0.482 e. The molecule has 0 radical (unpaired) electrons. The third-order valence-corrected chi connectivity index (χ3v) is 7.24. The van der Waals surface area contributed by atoms with E-state index in [1.54, 1.807) is 12.1 Å². The molecule has 0 fully saturated rings. The van der Waals surface area contributed by atoms with Crippen molar-refractivity contribution in [1.82, 2.24) is 4.31 Å². The average molecular weight is 518 g/mol. The van der Waals surface area contributed by atoms with Gasteiger partial charge >= 0.3 is 0 Å². The molecule has 0 saturated carbocycles. The van der Waals surface area contributed by atoms with Crippen molar-refractivity contribution in [2.45, 2.75) is 31.1 Å². The molecule has 7 heteroatoms. The Morgan fingerprint density at radius 1 is 0.919 bits per heavy atom. The summed E-state index contributed by atoms with van der Waals surface area (Å²) in [7, 11) is -3.94. The molecular weight excluding hydrogens is 486 g/mol. The lowest BCUT2D eigenvalue weighted by Gasteiger charge is -2.24. The van der Waals surface area contributed by atoms with Crippen LogP contribution in [0.15, 0.2) is 108 Å². The fourth-order valence-corrected chi connectivity index (χ4v) is 4.72. The minimum absolute atomic E-state index is 0.0621. The van der Waals surface area contributed by atoms with Gasteiger partial charge < -0.3 is 14.6 Å². The van der Waals surface area contributed by atoms with Crippen molar-refractivity contribution in [2.75, 3.05) is 19.7 Å². The molecule has 1 unspecified atom stereocenters. The summed E-state index contributed by atoms with van der Waals surface area (Å²) in [5, 5.41) is 10.8. The summed E-state index contributed by atoms with van der Waals surface area (Å²) < 4.78 is 39.2. The predicted octanol–water partition coefficient (Wildman–Crippen LogP) is 4.45. The lowest BCUT2D eigenvalue weighted by Crippen LogP contribution is -2.38. The van der Waals surface area contributed by atoms with Crippen LogP contribution in [0.5, 0.6) is 0 Å². The number of ether oxygens (including phenoxy) is 2. The molecule has 0 saturated heterocycles. The fraction of sp³-hybridized carbons (Fsp3) is 0.233. The molecule has 0 aliphatic rings. The van der Waals surface area contributed by atoms with Crippen molar-refractivity contribution in [3.05, 3.63) is 120 Å². The number of rotatable bonds is 12. The number of sulfonamides is 1. The second-order valence-electron chi connectivity index (χ2n) is 8.27. The van der Waals surface area contributed by atoms with E-state index in [2.05, 4.69) is 24.2 Å². The Bertz CT molecular complexity index is 1340. The van der Waals surface area contributed by atoms with Gasteiger partial charge in [-0.15, -0.1) is 0 Å². The monoisotopic (exact) mass is 517 g/mol. The zero-order valence-electron chi connectivity index (χ0n) is 20.8. The zero-order valence-corrected chi connectivity index (χ0v) is 21.7. The summed E-state index contributed by atoms with van der Waals surface area (Å²) in [6.07, 6.45) is -1.28. The van der Waals surface area contributed by atoms with Gasteiger partial charge in [0.25, 0.3) is 0 Å². The van der Waals surface area contributed by atoms with E-state index in [4.69, 9.17) is 9.47 Å². The standard InChI is InChI=1S/C30H31NO5S/c1-3-30(36-24-27-14-8-5-9-15-27)29(32)22-31(37(33,34)28-18-16-25(2)17-19-28)20-10-11-21-35-23-26-12-6-4-7-13-26/h4-9,12-19,29,32H,1,20-24H2,2H3. The molecule has 0 aromatic heterocycles. The van der Waals surface area contributed by atoms with Gasteiger partial charge in [0.1, 0.15) is 19.3 Å². The van der Waals surface area contributed by atoms with Gasteiger partial charge in [0.2, 0.25) is 10.0 Å². The first-order valence-corrected chi connectivity index (χ1v) is 13.2. The van der Waals surface area contributed by atoms with Gasteiger partial charge in [-0.2, -0.15) is 4.31 Å². The maximum absolute atomic E-state index is 13.4. The van der Waals surface area contributed by atoms with Crippen LogP contribution in [0.1, 0.15) is 16.7 Å². The van der Waals surface area contributed by atoms with Gasteiger partial charge in [-0.05, 0) is 30.2 Å². The zero-order chi connectivity index (χ0) is 26.5. The molecule has 0 amide bonds. The fourth-order valence-electron chi connectivity index (χ4n) is 3.37. The second kappa shape index (κ2) is 14.2. The van der Waals surface area contributed by atoms with Crippen molar-refractivity contribution >= 4 is 10.0 Å². The van der Waals surface area contributed by atoms with E-state index in [1.807, 2.05) is 67.6 Å². The molecule has 6 nitrogen and oxygen atoms in total. The molecule has 3 rings (SSSR count). The average Bonchev–Trinajstić information content (AvgIpc) is 2.91. The third-order valence-electron chi connectivity index (χ3n) is 5.42. The van der Waals surface area contributed by atoms with E-state index < -0.39 is 16.1 Å². The Labute approximate surface area is 219 Å². The highest BCUT2D eigenvalue weighted by atomic mass is 32.2. The molecule has 37 heavy (non-hydrogen) atoms. The summed E-state index contributed by atoms with van der Waals surface area (Å²) in [4.78, 5) is 0.113. The van der Waals surface area contributed by atoms with Gasteiger partial charge in [0.05, 0.1) is 18.0 Å². The maximum Gasteiger partial charge on any atom is 0.244 e. The summed E-state index contributed by atoms with van der Waals surface area (Å²) in [6, 6.07) is 25.6. The highest BCUT2D eigenvalue weighted by molar-refractivity contribution is 7.89. The van der Waals surface area contributed by atoms with Crippen molar-refractivity contribution in [3.8, 4) is 11.8 Å². The molecule has 0 aliphatic heterocycles. The van der Waals surface area contributed by atoms with E-state index in [0.29, 0.717) is 6.61 Å². The minimum Gasteiger partial charge on any atom is -0.482 e. The second-order valence-corrected chi connectivity index (χ2v) is 10.2. The Morgan fingerprint density at radius 2 is 1.51 bits per heavy atom. The van der Waals surface area contributed by atoms with E-state index in [1.165, 1.54) is 12.1 Å². The first-order chi connectivity index (χ1) is 17.9. The molecule has 3 aromatic rings. The van der Waals surface area contributed by atoms with Crippen LogP contribution < -0.4 is 0 Å². The van der Waals surface area contributed by atoms with Crippen molar-refractivity contribution in [3.63, 3.8) is 0 Å². The molecule has 0 bridgehead atoms. The van der Waals surface area contributed by atoms with Gasteiger partial charge in [-0.3, -0.25) is 0 Å². The number of hydrogen-bond donors (Lipinski definition) is 1. The molecule has 0 heterocycles. The first kappa shape index (κ1) is 27.9. The highest BCUT2D eigenvalue weighted by Crippen LogP contribution is 2.18. The van der Waals surface area contributed by atoms with Crippen LogP contribution in [-0.4, -0.2) is 43.6 Å². The normalized spacial score (nSPS) is 11.8. The summed E-state index contributed by atoms with van der Waals surface area (Å²) in [6.45, 7) is 5.81. The van der Waals surface area contributed by atoms with Crippen molar-refractivity contribution in [2.24, 2.45) is 0 Å². The number of benzene rings is 3. The molecule has 1 N–H and O–H groups in total. The molecule has 0 aliphatic carbocycles. The van der Waals surface area contributed by atoms with Crippen LogP contribution in [0, 0.1) is 18.8 Å². The van der Waals surface area contributed by atoms with Crippen LogP contribution in [0.2, 0.25) is 0 Å². The predicted molar refractivity (Wildman–Crippen MR) is 144 cm³/mol. The summed E-state index contributed by atoms with van der Waals surface area (Å²) in [5.74, 6) is 5.77. The molecule has 3 aromatic carbocycles. The number of aryl methyl sites for hydroxylation is 1. The Kier molecular flexibility index (Phi) is 10.7. The molecule has 0 spiro atoms. The molecule has 1 atom stereocenters. The van der Waals surface area contributed by atoms with E-state index in [9.17, 15) is 13.5 Å². The van der Waals surface area contributed by atoms with Gasteiger partial charge in [0.15, 0.2) is 5.76 Å². The van der Waals surface area contributed by atoms with E-state index in [-0.39, 0.29) is 37.0 Å². The van der Waals surface area contributed by atoms with Crippen LogP contribution in [0.3, 0.4) is 0 Å². The lowest BCUT2D eigenvalue weighted by atomic mass is 10.2. The minimum atomic E-state index is -3.94.